The molecule has 0 bridgehead atoms. The average Bonchev–Trinajstić information content (AvgIpc) is 3.02. The quantitative estimate of drug-likeness (QED) is 0.809. The van der Waals surface area contributed by atoms with Gasteiger partial charge in [-0.2, -0.15) is 0 Å². The van der Waals surface area contributed by atoms with Crippen LogP contribution in [0.4, 0.5) is 0 Å². The predicted octanol–water partition coefficient (Wildman–Crippen LogP) is 2.50. The van der Waals surface area contributed by atoms with Crippen molar-refractivity contribution in [3.8, 4) is 0 Å². The maximum absolute atomic E-state index is 12.6. The maximum atomic E-state index is 12.6. The molecule has 21 heavy (non-hydrogen) atoms. The molecule has 0 aromatic carbocycles. The Balaban J connectivity index is 2.32. The zero-order valence-corrected chi connectivity index (χ0v) is 14.2. The number of aromatic nitrogens is 2. The number of imidazole rings is 1. The Bertz CT molecular complexity index is 586. The highest BCUT2D eigenvalue weighted by Crippen LogP contribution is 2.22. The summed E-state index contributed by atoms with van der Waals surface area (Å²) in [5.41, 5.74) is 1.71. The lowest BCUT2D eigenvalue weighted by atomic mass is 10.2. The topological polar surface area (TPSA) is 61.2 Å². The molecule has 1 aromatic heterocycles. The van der Waals surface area contributed by atoms with Crippen molar-refractivity contribution in [2.24, 2.45) is 5.92 Å². The van der Waals surface area contributed by atoms with Crippen LogP contribution in [0.1, 0.15) is 44.5 Å². The molecule has 1 aromatic rings. The number of hydrogen-bond donors (Lipinski definition) is 0. The maximum Gasteiger partial charge on any atom is 0.228 e. The van der Waals surface area contributed by atoms with Gasteiger partial charge in [-0.05, 0) is 32.6 Å². The first-order valence-electron chi connectivity index (χ1n) is 7.73. The first-order chi connectivity index (χ1) is 9.85. The minimum absolute atomic E-state index is 0.106. The highest BCUT2D eigenvalue weighted by Gasteiger charge is 2.28. The summed E-state index contributed by atoms with van der Waals surface area (Å²) in [6.07, 6.45) is 2.99. The monoisotopic (exact) mass is 314 g/mol. The molecule has 0 aliphatic carbocycles. The van der Waals surface area contributed by atoms with Crippen molar-refractivity contribution in [1.29, 1.82) is 0 Å². The van der Waals surface area contributed by atoms with Gasteiger partial charge < -0.3 is 9.30 Å². The van der Waals surface area contributed by atoms with Crippen molar-refractivity contribution < 1.29 is 13.2 Å². The molecule has 0 radical (unpaired) electrons. The Labute approximate surface area is 127 Å². The highest BCUT2D eigenvalue weighted by molar-refractivity contribution is 7.91. The third kappa shape index (κ3) is 3.66. The Morgan fingerprint density at radius 3 is 2.71 bits per heavy atom. The molecule has 120 valence electrons. The fourth-order valence-electron chi connectivity index (χ4n) is 2.63. The van der Waals surface area contributed by atoms with E-state index < -0.39 is 9.84 Å². The van der Waals surface area contributed by atoms with Crippen molar-refractivity contribution in [3.63, 3.8) is 0 Å². The Kier molecular flexibility index (Phi) is 5.09. The lowest BCUT2D eigenvalue weighted by Gasteiger charge is -2.16. The molecule has 6 heteroatoms. The van der Waals surface area contributed by atoms with Crippen LogP contribution >= 0.6 is 0 Å². The summed E-state index contributed by atoms with van der Waals surface area (Å²) < 4.78 is 32.8. The highest BCUT2D eigenvalue weighted by atomic mass is 32.2. The van der Waals surface area contributed by atoms with Crippen molar-refractivity contribution in [2.75, 3.05) is 12.4 Å². The van der Waals surface area contributed by atoms with E-state index >= 15 is 0 Å². The van der Waals surface area contributed by atoms with E-state index in [2.05, 4.69) is 4.98 Å². The summed E-state index contributed by atoms with van der Waals surface area (Å²) in [7, 11) is -3.35. The van der Waals surface area contributed by atoms with E-state index in [1.807, 2.05) is 32.3 Å². The van der Waals surface area contributed by atoms with E-state index in [9.17, 15) is 8.42 Å². The van der Waals surface area contributed by atoms with Crippen LogP contribution in [0.2, 0.25) is 0 Å². The van der Waals surface area contributed by atoms with Crippen LogP contribution in [-0.2, 0) is 21.1 Å². The molecule has 1 aliphatic heterocycles. The lowest BCUT2D eigenvalue weighted by molar-refractivity contribution is 0.0943. The van der Waals surface area contributed by atoms with Gasteiger partial charge in [0.2, 0.25) is 15.0 Å². The van der Waals surface area contributed by atoms with Crippen molar-refractivity contribution in [3.05, 3.63) is 11.4 Å². The normalized spacial score (nSPS) is 20.9. The van der Waals surface area contributed by atoms with E-state index in [0.29, 0.717) is 6.54 Å². The molecule has 1 fully saturated rings. The molecule has 0 unspecified atom stereocenters. The second-order valence-corrected chi connectivity index (χ2v) is 8.03. The van der Waals surface area contributed by atoms with E-state index in [1.54, 1.807) is 0 Å². The molecule has 0 spiro atoms. The zero-order valence-electron chi connectivity index (χ0n) is 13.4. The molecule has 2 heterocycles. The van der Waals surface area contributed by atoms with Crippen LogP contribution < -0.4 is 0 Å². The van der Waals surface area contributed by atoms with Gasteiger partial charge >= 0.3 is 0 Å². The third-order valence-electron chi connectivity index (χ3n) is 4.31. The zero-order chi connectivity index (χ0) is 15.6. The molecule has 0 N–H and O–H groups in total. The van der Waals surface area contributed by atoms with Gasteiger partial charge in [-0.3, -0.25) is 0 Å². The molecular weight excluding hydrogens is 288 g/mol. The van der Waals surface area contributed by atoms with Gasteiger partial charge in [-0.15, -0.1) is 0 Å². The summed E-state index contributed by atoms with van der Waals surface area (Å²) in [6, 6.07) is 0. The Morgan fingerprint density at radius 2 is 2.14 bits per heavy atom. The molecule has 2 atom stereocenters. The molecule has 2 rings (SSSR count). The molecule has 0 saturated carbocycles. The fraction of sp³-hybridized carbons (Fsp3) is 0.800. The summed E-state index contributed by atoms with van der Waals surface area (Å²) >= 11 is 0. The van der Waals surface area contributed by atoms with Crippen LogP contribution in [0.15, 0.2) is 5.16 Å². The lowest BCUT2D eigenvalue weighted by Crippen LogP contribution is -2.23. The van der Waals surface area contributed by atoms with Gasteiger partial charge in [0.05, 0.1) is 24.1 Å². The Morgan fingerprint density at radius 1 is 1.43 bits per heavy atom. The van der Waals surface area contributed by atoms with Gasteiger partial charge in [0, 0.05) is 12.3 Å². The number of hydrogen-bond acceptors (Lipinski definition) is 4. The van der Waals surface area contributed by atoms with Gasteiger partial charge in [0.1, 0.15) is 0 Å². The summed E-state index contributed by atoms with van der Waals surface area (Å²) in [5, 5.41) is 0.216. The van der Waals surface area contributed by atoms with Crippen molar-refractivity contribution in [2.45, 2.75) is 64.8 Å². The number of rotatable bonds is 6. The molecule has 0 amide bonds. The van der Waals surface area contributed by atoms with Crippen LogP contribution in [0, 0.1) is 19.8 Å². The summed E-state index contributed by atoms with van der Waals surface area (Å²) in [4.78, 5) is 4.33. The van der Waals surface area contributed by atoms with Crippen molar-refractivity contribution >= 4 is 9.84 Å². The second-order valence-electron chi connectivity index (χ2n) is 6.11. The average molecular weight is 314 g/mol. The van der Waals surface area contributed by atoms with E-state index in [-0.39, 0.29) is 22.9 Å². The number of nitrogens with zero attached hydrogens (tertiary/aromatic N) is 2. The van der Waals surface area contributed by atoms with Crippen LogP contribution in [-0.4, -0.2) is 36.4 Å². The fourth-order valence-corrected chi connectivity index (χ4v) is 4.59. The molecule has 5 nitrogen and oxygen atoms in total. The second kappa shape index (κ2) is 6.48. The minimum Gasteiger partial charge on any atom is -0.376 e. The number of sulfone groups is 1. The van der Waals surface area contributed by atoms with Crippen LogP contribution in [0.5, 0.6) is 0 Å². The van der Waals surface area contributed by atoms with E-state index in [4.69, 9.17) is 4.74 Å². The summed E-state index contributed by atoms with van der Waals surface area (Å²) in [6.45, 7) is 9.12. The summed E-state index contributed by atoms with van der Waals surface area (Å²) in [5.74, 6) is 0.300. The van der Waals surface area contributed by atoms with Crippen LogP contribution in [0.3, 0.4) is 0 Å². The molecule has 1 saturated heterocycles. The van der Waals surface area contributed by atoms with Gasteiger partial charge in [0.15, 0.2) is 0 Å². The van der Waals surface area contributed by atoms with Crippen LogP contribution in [0.25, 0.3) is 0 Å². The van der Waals surface area contributed by atoms with Gasteiger partial charge in [0.25, 0.3) is 0 Å². The predicted molar refractivity (Wildman–Crippen MR) is 82.2 cm³/mol. The SMILES string of the molecule is CC[C@H](C)CS(=O)(=O)c1nc(C)c(C)n1C[C@@H]1CCCO1. The third-order valence-corrected chi connectivity index (χ3v) is 6.19. The first-order valence-corrected chi connectivity index (χ1v) is 9.38. The Hall–Kier alpha value is -0.880. The number of aryl methyl sites for hydroxylation is 1. The van der Waals surface area contributed by atoms with Gasteiger partial charge in [-0.25, -0.2) is 13.4 Å². The number of ether oxygens (including phenoxy) is 1. The largest absolute Gasteiger partial charge is 0.376 e. The van der Waals surface area contributed by atoms with Crippen molar-refractivity contribution in [1.82, 2.24) is 9.55 Å². The van der Waals surface area contributed by atoms with E-state index in [1.165, 1.54) is 0 Å². The van der Waals surface area contributed by atoms with Gasteiger partial charge in [-0.1, -0.05) is 20.3 Å². The molecule has 1 aliphatic rings. The smallest absolute Gasteiger partial charge is 0.228 e. The van der Waals surface area contributed by atoms with E-state index in [0.717, 1.165) is 37.3 Å². The first kappa shape index (κ1) is 16.5. The minimum atomic E-state index is -3.35. The standard InChI is InChI=1S/C15H26N2O3S/c1-5-11(2)10-21(18,19)15-16-12(3)13(4)17(15)9-14-7-6-8-20-14/h11,14H,5-10H2,1-4H3/t11-,14-/m0/s1. The molecular formula is C15H26N2O3S.